The van der Waals surface area contributed by atoms with Gasteiger partial charge in [-0.1, -0.05) is 30.7 Å². The van der Waals surface area contributed by atoms with E-state index in [2.05, 4.69) is 0 Å². The Morgan fingerprint density at radius 1 is 1.41 bits per heavy atom. The van der Waals surface area contributed by atoms with Gasteiger partial charge in [0.25, 0.3) is 0 Å². The number of nitrogens with two attached hydrogens (primary N) is 1. The minimum atomic E-state index is -0.791. The first kappa shape index (κ1) is 14.0. The van der Waals surface area contributed by atoms with Crippen molar-refractivity contribution >= 4 is 17.5 Å². The Hall–Kier alpha value is -1.06. The highest BCUT2D eigenvalue weighted by Crippen LogP contribution is 2.14. The first-order valence-corrected chi connectivity index (χ1v) is 6.03. The van der Waals surface area contributed by atoms with Gasteiger partial charge in [-0.05, 0) is 31.0 Å². The van der Waals surface area contributed by atoms with Crippen LogP contribution in [0, 0.1) is 0 Å². The monoisotopic (exact) mass is 254 g/mol. The third kappa shape index (κ3) is 3.72. The molecule has 4 heteroatoms. The van der Waals surface area contributed by atoms with Crippen molar-refractivity contribution in [1.29, 1.82) is 0 Å². The van der Waals surface area contributed by atoms with Gasteiger partial charge in [-0.2, -0.15) is 0 Å². The predicted octanol–water partition coefficient (Wildman–Crippen LogP) is 2.43. The second-order valence-corrected chi connectivity index (χ2v) is 5.00. The number of nitrogens with zero attached hydrogens (tertiary/aromatic N) is 1. The number of hydrogen-bond donors (Lipinski definition) is 1. The van der Waals surface area contributed by atoms with E-state index in [4.69, 9.17) is 17.3 Å². The summed E-state index contributed by atoms with van der Waals surface area (Å²) in [6.07, 6.45) is 0.622. The van der Waals surface area contributed by atoms with Crippen LogP contribution in [0.1, 0.15) is 25.8 Å². The fourth-order valence-electron chi connectivity index (χ4n) is 1.52. The van der Waals surface area contributed by atoms with Crippen molar-refractivity contribution in [3.8, 4) is 0 Å². The van der Waals surface area contributed by atoms with Crippen LogP contribution in [-0.4, -0.2) is 23.4 Å². The Morgan fingerprint density at radius 3 is 2.41 bits per heavy atom. The molecule has 0 bridgehead atoms. The number of likely N-dealkylation sites (N-methyl/N-ethyl adjacent to an activating group) is 1. The summed E-state index contributed by atoms with van der Waals surface area (Å²) in [5.41, 5.74) is 6.17. The molecule has 0 spiro atoms. The minimum absolute atomic E-state index is 0.0463. The van der Waals surface area contributed by atoms with E-state index < -0.39 is 5.54 Å². The van der Waals surface area contributed by atoms with E-state index in [1.807, 2.05) is 31.2 Å². The lowest BCUT2D eigenvalue weighted by molar-refractivity contribution is -0.135. The molecule has 0 fully saturated rings. The van der Waals surface area contributed by atoms with Gasteiger partial charge in [0.15, 0.2) is 0 Å². The quantitative estimate of drug-likeness (QED) is 0.897. The average molecular weight is 255 g/mol. The molecule has 0 saturated carbocycles. The van der Waals surface area contributed by atoms with Crippen LogP contribution in [0.3, 0.4) is 0 Å². The molecule has 2 N–H and O–H groups in total. The average Bonchev–Trinajstić information content (AvgIpc) is 2.31. The van der Waals surface area contributed by atoms with Crippen LogP contribution in [0.4, 0.5) is 0 Å². The standard InChI is InChI=1S/C13H19ClN2O/c1-4-13(2,15)12(17)16(3)9-10-5-7-11(14)8-6-10/h5-8H,4,9,15H2,1-3H3. The Kier molecular flexibility index (Phi) is 4.54. The highest BCUT2D eigenvalue weighted by Gasteiger charge is 2.28. The predicted molar refractivity (Wildman–Crippen MR) is 70.8 cm³/mol. The number of benzene rings is 1. The molecule has 17 heavy (non-hydrogen) atoms. The molecule has 1 amide bonds. The van der Waals surface area contributed by atoms with Crippen molar-refractivity contribution in [3.63, 3.8) is 0 Å². The van der Waals surface area contributed by atoms with Gasteiger partial charge in [0.1, 0.15) is 0 Å². The topological polar surface area (TPSA) is 46.3 Å². The second kappa shape index (κ2) is 5.52. The van der Waals surface area contributed by atoms with Crippen LogP contribution in [0.15, 0.2) is 24.3 Å². The summed E-state index contributed by atoms with van der Waals surface area (Å²) in [7, 11) is 1.76. The maximum absolute atomic E-state index is 12.0. The van der Waals surface area contributed by atoms with Crippen molar-refractivity contribution in [2.45, 2.75) is 32.4 Å². The second-order valence-electron chi connectivity index (χ2n) is 4.56. The molecular weight excluding hydrogens is 236 g/mol. The molecule has 1 unspecified atom stereocenters. The molecule has 0 aliphatic rings. The van der Waals surface area contributed by atoms with Gasteiger partial charge in [-0.15, -0.1) is 0 Å². The van der Waals surface area contributed by atoms with Crippen LogP contribution >= 0.6 is 11.6 Å². The van der Waals surface area contributed by atoms with Crippen LogP contribution in [0.5, 0.6) is 0 Å². The highest BCUT2D eigenvalue weighted by molar-refractivity contribution is 6.30. The van der Waals surface area contributed by atoms with Crippen LogP contribution in [0.25, 0.3) is 0 Å². The van der Waals surface area contributed by atoms with Gasteiger partial charge in [-0.25, -0.2) is 0 Å². The van der Waals surface area contributed by atoms with Gasteiger partial charge < -0.3 is 10.6 Å². The fourth-order valence-corrected chi connectivity index (χ4v) is 1.65. The van der Waals surface area contributed by atoms with Crippen molar-refractivity contribution < 1.29 is 4.79 Å². The van der Waals surface area contributed by atoms with Crippen LogP contribution in [-0.2, 0) is 11.3 Å². The minimum Gasteiger partial charge on any atom is -0.340 e. The van der Waals surface area contributed by atoms with E-state index in [1.165, 1.54) is 0 Å². The fraction of sp³-hybridized carbons (Fsp3) is 0.462. The molecule has 1 aromatic rings. The van der Waals surface area contributed by atoms with E-state index in [0.29, 0.717) is 18.0 Å². The molecule has 0 heterocycles. The summed E-state index contributed by atoms with van der Waals surface area (Å²) < 4.78 is 0. The Balaban J connectivity index is 2.69. The third-order valence-electron chi connectivity index (χ3n) is 2.90. The molecule has 0 aromatic heterocycles. The zero-order valence-electron chi connectivity index (χ0n) is 10.5. The largest absolute Gasteiger partial charge is 0.340 e. The Bertz CT molecular complexity index is 387. The lowest BCUT2D eigenvalue weighted by atomic mass is 9.98. The van der Waals surface area contributed by atoms with E-state index in [9.17, 15) is 4.79 Å². The lowest BCUT2D eigenvalue weighted by Gasteiger charge is -2.28. The van der Waals surface area contributed by atoms with Gasteiger partial charge >= 0.3 is 0 Å². The third-order valence-corrected chi connectivity index (χ3v) is 3.15. The first-order chi connectivity index (χ1) is 7.86. The molecule has 1 atom stereocenters. The van der Waals surface area contributed by atoms with Gasteiger partial charge in [0.05, 0.1) is 5.54 Å². The van der Waals surface area contributed by atoms with Crippen molar-refractivity contribution in [3.05, 3.63) is 34.9 Å². The molecule has 1 rings (SSSR count). The summed E-state index contributed by atoms with van der Waals surface area (Å²) in [4.78, 5) is 13.7. The summed E-state index contributed by atoms with van der Waals surface area (Å²) in [5, 5.41) is 0.694. The number of carbonyl (C=O) groups is 1. The molecule has 0 radical (unpaired) electrons. The summed E-state index contributed by atoms with van der Waals surface area (Å²) in [6, 6.07) is 7.45. The number of halogens is 1. The number of hydrogen-bond acceptors (Lipinski definition) is 2. The van der Waals surface area contributed by atoms with E-state index in [0.717, 1.165) is 5.56 Å². The van der Waals surface area contributed by atoms with Crippen molar-refractivity contribution in [1.82, 2.24) is 4.90 Å². The molecule has 0 aliphatic carbocycles. The normalized spacial score (nSPS) is 14.2. The van der Waals surface area contributed by atoms with Crippen LogP contribution in [0.2, 0.25) is 5.02 Å². The van der Waals surface area contributed by atoms with Crippen LogP contribution < -0.4 is 5.73 Å². The van der Waals surface area contributed by atoms with Gasteiger partial charge in [0, 0.05) is 18.6 Å². The van der Waals surface area contributed by atoms with Crippen molar-refractivity contribution in [2.24, 2.45) is 5.73 Å². The maximum atomic E-state index is 12.0. The smallest absolute Gasteiger partial charge is 0.242 e. The molecule has 0 aliphatic heterocycles. The van der Waals surface area contributed by atoms with Crippen molar-refractivity contribution in [2.75, 3.05) is 7.05 Å². The number of carbonyl (C=O) groups excluding carboxylic acids is 1. The zero-order chi connectivity index (χ0) is 13.1. The van der Waals surface area contributed by atoms with E-state index in [1.54, 1.807) is 18.9 Å². The maximum Gasteiger partial charge on any atom is 0.242 e. The highest BCUT2D eigenvalue weighted by atomic mass is 35.5. The first-order valence-electron chi connectivity index (χ1n) is 5.65. The SMILES string of the molecule is CCC(C)(N)C(=O)N(C)Cc1ccc(Cl)cc1. The van der Waals surface area contributed by atoms with E-state index in [-0.39, 0.29) is 5.91 Å². The Morgan fingerprint density at radius 2 is 1.94 bits per heavy atom. The Labute approximate surface area is 108 Å². The van der Waals surface area contributed by atoms with E-state index >= 15 is 0 Å². The molecule has 3 nitrogen and oxygen atoms in total. The molecule has 1 aromatic carbocycles. The molecular formula is C13H19ClN2O. The number of rotatable bonds is 4. The van der Waals surface area contributed by atoms with Gasteiger partial charge in [0.2, 0.25) is 5.91 Å². The summed E-state index contributed by atoms with van der Waals surface area (Å²) in [5.74, 6) is -0.0463. The summed E-state index contributed by atoms with van der Waals surface area (Å²) in [6.45, 7) is 4.21. The zero-order valence-corrected chi connectivity index (χ0v) is 11.3. The number of amides is 1. The summed E-state index contributed by atoms with van der Waals surface area (Å²) >= 11 is 5.81. The molecule has 94 valence electrons. The molecule has 0 saturated heterocycles. The lowest BCUT2D eigenvalue weighted by Crippen LogP contribution is -2.51. The van der Waals surface area contributed by atoms with Gasteiger partial charge in [-0.3, -0.25) is 4.79 Å².